The van der Waals surface area contributed by atoms with Crippen molar-refractivity contribution in [2.75, 3.05) is 13.2 Å². The van der Waals surface area contributed by atoms with Gasteiger partial charge >= 0.3 is 0 Å². The van der Waals surface area contributed by atoms with Crippen LogP contribution in [0.5, 0.6) is 5.75 Å². The van der Waals surface area contributed by atoms with Gasteiger partial charge in [0, 0.05) is 36.3 Å². The van der Waals surface area contributed by atoms with Crippen LogP contribution in [0.2, 0.25) is 0 Å². The Morgan fingerprint density at radius 2 is 1.87 bits per heavy atom. The molecule has 3 heterocycles. The van der Waals surface area contributed by atoms with E-state index in [-0.39, 0.29) is 17.9 Å². The Morgan fingerprint density at radius 3 is 2.65 bits per heavy atom. The lowest BCUT2D eigenvalue weighted by Crippen LogP contribution is -2.33. The number of amides is 1. The maximum Gasteiger partial charge on any atom is 0.240 e. The van der Waals surface area contributed by atoms with Crippen molar-refractivity contribution in [1.29, 1.82) is 0 Å². The molecule has 31 heavy (non-hydrogen) atoms. The zero-order valence-electron chi connectivity index (χ0n) is 17.5. The van der Waals surface area contributed by atoms with Crippen LogP contribution in [0.4, 0.5) is 0 Å². The van der Waals surface area contributed by atoms with Gasteiger partial charge in [-0.15, -0.1) is 0 Å². The third-order valence-electron chi connectivity index (χ3n) is 5.87. The van der Waals surface area contributed by atoms with Gasteiger partial charge < -0.3 is 13.9 Å². The molecule has 2 aromatic carbocycles. The zero-order valence-corrected chi connectivity index (χ0v) is 17.5. The van der Waals surface area contributed by atoms with Gasteiger partial charge in [0.15, 0.2) is 5.58 Å². The Hall–Kier alpha value is -3.19. The van der Waals surface area contributed by atoms with Crippen LogP contribution < -0.4 is 10.2 Å². The van der Waals surface area contributed by atoms with Crippen molar-refractivity contribution in [2.24, 2.45) is 11.0 Å². The van der Waals surface area contributed by atoms with Gasteiger partial charge in [0.1, 0.15) is 17.4 Å². The number of hydrogen-bond donors (Lipinski definition) is 1. The summed E-state index contributed by atoms with van der Waals surface area (Å²) in [5.41, 5.74) is 6.80. The molecule has 0 saturated carbocycles. The summed E-state index contributed by atoms with van der Waals surface area (Å²) in [7, 11) is 0. The number of hydrogen-bond acceptors (Lipinski definition) is 6. The molecule has 0 aliphatic carbocycles. The first-order valence-electron chi connectivity index (χ1n) is 10.8. The quantitative estimate of drug-likeness (QED) is 0.666. The van der Waals surface area contributed by atoms with E-state index in [0.717, 1.165) is 60.6 Å². The molecule has 1 aromatic heterocycles. The van der Waals surface area contributed by atoms with E-state index in [4.69, 9.17) is 13.9 Å². The Kier molecular flexibility index (Phi) is 5.42. The van der Waals surface area contributed by atoms with Crippen LogP contribution in [-0.4, -0.2) is 35.9 Å². The summed E-state index contributed by atoms with van der Waals surface area (Å²) in [6.45, 7) is 3.58. The molecule has 1 unspecified atom stereocenters. The molecule has 2 aliphatic rings. The van der Waals surface area contributed by atoms with Crippen LogP contribution in [0, 0.1) is 5.92 Å². The lowest BCUT2D eigenvalue weighted by atomic mass is 9.90. The first-order chi connectivity index (χ1) is 15.2. The van der Waals surface area contributed by atoms with E-state index in [1.165, 1.54) is 0 Å². The molecule has 160 valence electrons. The van der Waals surface area contributed by atoms with Crippen molar-refractivity contribution in [2.45, 2.75) is 38.7 Å². The molecule has 5 rings (SSSR count). The summed E-state index contributed by atoms with van der Waals surface area (Å²) in [6.07, 6.45) is 3.36. The zero-order chi connectivity index (χ0) is 21.2. The Morgan fingerprint density at radius 1 is 1.10 bits per heavy atom. The number of rotatable bonds is 5. The summed E-state index contributed by atoms with van der Waals surface area (Å²) in [5, 5.41) is 4.30. The topological polar surface area (TPSA) is 86.0 Å². The van der Waals surface area contributed by atoms with Gasteiger partial charge in [-0.25, -0.2) is 10.4 Å². The van der Waals surface area contributed by atoms with Crippen LogP contribution >= 0.6 is 0 Å². The molecule has 0 spiro atoms. The molecule has 1 saturated heterocycles. The molecule has 7 heteroatoms. The van der Waals surface area contributed by atoms with E-state index in [2.05, 4.69) is 22.4 Å². The Labute approximate surface area is 180 Å². The van der Waals surface area contributed by atoms with E-state index in [0.29, 0.717) is 17.9 Å². The predicted molar refractivity (Wildman–Crippen MR) is 117 cm³/mol. The fraction of sp³-hybridized carbons (Fsp3) is 0.375. The highest BCUT2D eigenvalue weighted by atomic mass is 16.5. The lowest BCUT2D eigenvalue weighted by molar-refractivity contribution is -0.122. The highest BCUT2D eigenvalue weighted by Crippen LogP contribution is 2.29. The van der Waals surface area contributed by atoms with Crippen LogP contribution in [0.3, 0.4) is 0 Å². The average molecular weight is 419 g/mol. The van der Waals surface area contributed by atoms with Crippen molar-refractivity contribution in [3.63, 3.8) is 0 Å². The highest BCUT2D eigenvalue weighted by molar-refractivity contribution is 6.07. The number of nitrogens with zero attached hydrogens (tertiary/aromatic N) is 2. The van der Waals surface area contributed by atoms with E-state index in [1.54, 1.807) is 0 Å². The third-order valence-corrected chi connectivity index (χ3v) is 5.87. The van der Waals surface area contributed by atoms with Crippen molar-refractivity contribution in [3.05, 3.63) is 48.0 Å². The molecular formula is C24H25N3O4. The summed E-state index contributed by atoms with van der Waals surface area (Å²) in [5.74, 6) is 1.48. The van der Waals surface area contributed by atoms with Gasteiger partial charge in [-0.05, 0) is 42.8 Å². The van der Waals surface area contributed by atoms with Gasteiger partial charge in [-0.3, -0.25) is 4.79 Å². The van der Waals surface area contributed by atoms with Gasteiger partial charge in [-0.1, -0.05) is 13.0 Å². The second-order valence-electron chi connectivity index (χ2n) is 8.00. The van der Waals surface area contributed by atoms with Gasteiger partial charge in [0.05, 0.1) is 18.9 Å². The minimum Gasteiger partial charge on any atom is -0.490 e. The average Bonchev–Trinajstić information content (AvgIpc) is 3.23. The predicted octanol–water partition coefficient (Wildman–Crippen LogP) is 4.30. The largest absolute Gasteiger partial charge is 0.490 e. The molecule has 1 N–H and O–H groups in total. The summed E-state index contributed by atoms with van der Waals surface area (Å²) in [4.78, 5) is 16.3. The van der Waals surface area contributed by atoms with Crippen LogP contribution in [0.25, 0.3) is 22.6 Å². The van der Waals surface area contributed by atoms with E-state index in [1.807, 2.05) is 42.5 Å². The van der Waals surface area contributed by atoms with Crippen molar-refractivity contribution in [1.82, 2.24) is 10.4 Å². The van der Waals surface area contributed by atoms with Crippen molar-refractivity contribution in [3.8, 4) is 17.2 Å². The first kappa shape index (κ1) is 19.8. The summed E-state index contributed by atoms with van der Waals surface area (Å²) < 4.78 is 17.5. The van der Waals surface area contributed by atoms with E-state index >= 15 is 0 Å². The van der Waals surface area contributed by atoms with E-state index in [9.17, 15) is 4.79 Å². The number of aromatic nitrogens is 1. The number of ether oxygens (including phenoxy) is 2. The van der Waals surface area contributed by atoms with Gasteiger partial charge in [0.2, 0.25) is 11.8 Å². The summed E-state index contributed by atoms with van der Waals surface area (Å²) in [6, 6.07) is 13.7. The molecule has 7 nitrogen and oxygen atoms in total. The fourth-order valence-electron chi connectivity index (χ4n) is 4.09. The van der Waals surface area contributed by atoms with Crippen molar-refractivity contribution >= 4 is 22.7 Å². The molecular weight excluding hydrogens is 394 g/mol. The Bertz CT molecular complexity index is 1110. The Balaban J connectivity index is 1.37. The normalized spacial score (nSPS) is 19.8. The van der Waals surface area contributed by atoms with E-state index < -0.39 is 0 Å². The molecule has 1 amide bonds. The highest BCUT2D eigenvalue weighted by Gasteiger charge is 2.24. The number of benzene rings is 2. The SMILES string of the molecule is CCC1CC(=O)NN=C1c1ccc2nc(-c3ccc(OC4CCOCC4)cc3)oc2c1. The molecule has 0 bridgehead atoms. The standard InChI is InChI=1S/C24H25N3O4/c1-2-15-14-22(28)26-27-23(15)17-5-8-20-21(13-17)31-24(25-20)16-3-6-18(7-4-16)30-19-9-11-29-12-10-19/h3-8,13,15,19H,2,9-12,14H2,1H3,(H,26,28). The second kappa shape index (κ2) is 8.51. The van der Waals surface area contributed by atoms with Crippen molar-refractivity contribution < 1.29 is 18.7 Å². The number of hydrazone groups is 1. The third kappa shape index (κ3) is 4.18. The van der Waals surface area contributed by atoms with Gasteiger partial charge in [-0.2, -0.15) is 5.10 Å². The molecule has 0 radical (unpaired) electrons. The van der Waals surface area contributed by atoms with Gasteiger partial charge in [0.25, 0.3) is 0 Å². The smallest absolute Gasteiger partial charge is 0.240 e. The van der Waals surface area contributed by atoms with Crippen LogP contribution in [-0.2, 0) is 9.53 Å². The van der Waals surface area contributed by atoms with Crippen LogP contribution in [0.1, 0.15) is 38.2 Å². The number of nitrogens with one attached hydrogen (secondary N) is 1. The minimum atomic E-state index is -0.0390. The first-order valence-corrected chi connectivity index (χ1v) is 10.8. The monoisotopic (exact) mass is 419 g/mol. The fourth-order valence-corrected chi connectivity index (χ4v) is 4.09. The molecule has 1 fully saturated rings. The number of carbonyl (C=O) groups excluding carboxylic acids is 1. The maximum absolute atomic E-state index is 11.7. The number of oxazole rings is 1. The second-order valence-corrected chi connectivity index (χ2v) is 8.00. The number of carbonyl (C=O) groups is 1. The maximum atomic E-state index is 11.7. The molecule has 2 aliphatic heterocycles. The molecule has 3 aromatic rings. The van der Waals surface area contributed by atoms with Crippen LogP contribution in [0.15, 0.2) is 52.0 Å². The number of fused-ring (bicyclic) bond motifs is 1. The minimum absolute atomic E-state index is 0.0390. The summed E-state index contributed by atoms with van der Waals surface area (Å²) >= 11 is 0. The molecule has 1 atom stereocenters. The lowest BCUT2D eigenvalue weighted by Gasteiger charge is -2.23.